The second-order valence-electron chi connectivity index (χ2n) is 6.00. The largest absolute Gasteiger partial charge is 0.456 e. The molecule has 128 valence electrons. The number of hydrogen-bond donors (Lipinski definition) is 1. The zero-order chi connectivity index (χ0) is 17.9. The van der Waals surface area contributed by atoms with Gasteiger partial charge in [-0.1, -0.05) is 18.2 Å². The Kier molecular flexibility index (Phi) is 4.11. The van der Waals surface area contributed by atoms with Crippen LogP contribution in [-0.4, -0.2) is 15.7 Å². The molecule has 2 aromatic heterocycles. The SMILES string of the molecule is Cn1cc(/C=C/C(=O)Nc2ccc(-c3cc4ccccc4o3)cc2)cn1. The molecular formula is C21H17N3O2. The summed E-state index contributed by atoms with van der Waals surface area (Å²) in [6, 6.07) is 17.5. The fourth-order valence-electron chi connectivity index (χ4n) is 2.72. The number of rotatable bonds is 4. The number of carbonyl (C=O) groups excluding carboxylic acids is 1. The smallest absolute Gasteiger partial charge is 0.248 e. The number of fused-ring (bicyclic) bond motifs is 1. The molecule has 2 heterocycles. The molecule has 2 aromatic carbocycles. The third kappa shape index (κ3) is 3.42. The molecule has 0 unspecified atom stereocenters. The molecule has 0 spiro atoms. The summed E-state index contributed by atoms with van der Waals surface area (Å²) in [5.74, 6) is 0.617. The number of nitrogens with one attached hydrogen (secondary N) is 1. The number of hydrogen-bond acceptors (Lipinski definition) is 3. The predicted octanol–water partition coefficient (Wildman–Crippen LogP) is 4.49. The highest BCUT2D eigenvalue weighted by atomic mass is 16.3. The summed E-state index contributed by atoms with van der Waals surface area (Å²) in [6.45, 7) is 0. The van der Waals surface area contributed by atoms with E-state index in [0.717, 1.165) is 33.5 Å². The Morgan fingerprint density at radius 1 is 1.15 bits per heavy atom. The van der Waals surface area contributed by atoms with Gasteiger partial charge in [-0.2, -0.15) is 5.10 Å². The van der Waals surface area contributed by atoms with E-state index in [1.54, 1.807) is 17.0 Å². The van der Waals surface area contributed by atoms with Crippen molar-refractivity contribution in [1.82, 2.24) is 9.78 Å². The highest BCUT2D eigenvalue weighted by Crippen LogP contribution is 2.28. The van der Waals surface area contributed by atoms with E-state index in [9.17, 15) is 4.79 Å². The average molecular weight is 343 g/mol. The van der Waals surface area contributed by atoms with Crippen molar-refractivity contribution in [3.8, 4) is 11.3 Å². The normalized spacial score (nSPS) is 11.3. The fourth-order valence-corrected chi connectivity index (χ4v) is 2.72. The van der Waals surface area contributed by atoms with Gasteiger partial charge in [0.05, 0.1) is 6.20 Å². The quantitative estimate of drug-likeness (QED) is 0.556. The second-order valence-corrected chi connectivity index (χ2v) is 6.00. The van der Waals surface area contributed by atoms with Gasteiger partial charge in [-0.05, 0) is 42.5 Å². The standard InChI is InChI=1S/C21H17N3O2/c1-24-14-15(13-22-24)6-11-21(25)23-18-9-7-16(8-10-18)20-12-17-4-2-3-5-19(17)26-20/h2-14H,1H3,(H,23,25)/b11-6+. The molecule has 0 radical (unpaired) electrons. The highest BCUT2D eigenvalue weighted by Gasteiger charge is 2.06. The van der Waals surface area contributed by atoms with Crippen LogP contribution in [0.15, 0.2) is 77.5 Å². The minimum absolute atomic E-state index is 0.189. The lowest BCUT2D eigenvalue weighted by molar-refractivity contribution is -0.111. The van der Waals surface area contributed by atoms with E-state index in [-0.39, 0.29) is 5.91 Å². The number of furan rings is 1. The summed E-state index contributed by atoms with van der Waals surface area (Å²) in [5, 5.41) is 7.97. The predicted molar refractivity (Wildman–Crippen MR) is 103 cm³/mol. The van der Waals surface area contributed by atoms with Gasteiger partial charge in [0.15, 0.2) is 0 Å². The average Bonchev–Trinajstić information content (AvgIpc) is 3.26. The van der Waals surface area contributed by atoms with Crippen molar-refractivity contribution in [2.75, 3.05) is 5.32 Å². The molecule has 0 aliphatic heterocycles. The number of carbonyl (C=O) groups is 1. The van der Waals surface area contributed by atoms with Gasteiger partial charge in [0.1, 0.15) is 11.3 Å². The molecule has 0 saturated heterocycles. The molecule has 26 heavy (non-hydrogen) atoms. The van der Waals surface area contributed by atoms with Crippen LogP contribution < -0.4 is 5.32 Å². The van der Waals surface area contributed by atoms with Crippen molar-refractivity contribution in [2.24, 2.45) is 7.05 Å². The highest BCUT2D eigenvalue weighted by molar-refractivity contribution is 6.02. The Morgan fingerprint density at radius 3 is 2.69 bits per heavy atom. The first-order valence-electron chi connectivity index (χ1n) is 8.24. The number of nitrogens with zero attached hydrogens (tertiary/aromatic N) is 2. The second kappa shape index (κ2) is 6.72. The minimum Gasteiger partial charge on any atom is -0.456 e. The van der Waals surface area contributed by atoms with E-state index in [0.29, 0.717) is 0 Å². The van der Waals surface area contributed by atoms with Crippen LogP contribution >= 0.6 is 0 Å². The van der Waals surface area contributed by atoms with Crippen LogP contribution in [0.25, 0.3) is 28.4 Å². The van der Waals surface area contributed by atoms with Crippen molar-refractivity contribution in [2.45, 2.75) is 0 Å². The number of aryl methyl sites for hydroxylation is 1. The van der Waals surface area contributed by atoms with Crippen molar-refractivity contribution < 1.29 is 9.21 Å². The van der Waals surface area contributed by atoms with Crippen LogP contribution in [0.1, 0.15) is 5.56 Å². The number of para-hydroxylation sites is 1. The Morgan fingerprint density at radius 2 is 1.96 bits per heavy atom. The molecule has 0 fully saturated rings. The molecular weight excluding hydrogens is 326 g/mol. The summed E-state index contributed by atoms with van der Waals surface area (Å²) in [6.07, 6.45) is 6.76. The molecule has 0 aliphatic carbocycles. The Balaban J connectivity index is 1.45. The molecule has 1 amide bonds. The molecule has 0 aliphatic rings. The summed E-state index contributed by atoms with van der Waals surface area (Å²) in [5.41, 5.74) is 3.43. The minimum atomic E-state index is -0.189. The first-order chi connectivity index (χ1) is 12.7. The third-order valence-corrected chi connectivity index (χ3v) is 4.01. The summed E-state index contributed by atoms with van der Waals surface area (Å²) >= 11 is 0. The van der Waals surface area contributed by atoms with E-state index < -0.39 is 0 Å². The molecule has 5 nitrogen and oxygen atoms in total. The summed E-state index contributed by atoms with van der Waals surface area (Å²) in [7, 11) is 1.83. The van der Waals surface area contributed by atoms with Gasteiger partial charge < -0.3 is 9.73 Å². The number of aromatic nitrogens is 2. The third-order valence-electron chi connectivity index (χ3n) is 4.01. The Bertz CT molecular complexity index is 1050. The monoisotopic (exact) mass is 343 g/mol. The molecule has 4 rings (SSSR count). The van der Waals surface area contributed by atoms with E-state index in [4.69, 9.17) is 4.42 Å². The number of benzene rings is 2. The Hall–Kier alpha value is -3.60. The van der Waals surface area contributed by atoms with E-state index >= 15 is 0 Å². The van der Waals surface area contributed by atoms with Gasteiger partial charge >= 0.3 is 0 Å². The first kappa shape index (κ1) is 15.9. The maximum atomic E-state index is 12.0. The van der Waals surface area contributed by atoms with Crippen LogP contribution in [0.5, 0.6) is 0 Å². The molecule has 0 atom stereocenters. The lowest BCUT2D eigenvalue weighted by Crippen LogP contribution is -2.07. The van der Waals surface area contributed by atoms with E-state index in [2.05, 4.69) is 10.4 Å². The van der Waals surface area contributed by atoms with Crippen molar-refractivity contribution in [1.29, 1.82) is 0 Å². The lowest BCUT2D eigenvalue weighted by atomic mass is 10.1. The fraction of sp³-hybridized carbons (Fsp3) is 0.0476. The van der Waals surface area contributed by atoms with Gasteiger partial charge in [-0.15, -0.1) is 0 Å². The molecule has 1 N–H and O–H groups in total. The van der Waals surface area contributed by atoms with Crippen molar-refractivity contribution in [3.05, 3.63) is 78.6 Å². The maximum absolute atomic E-state index is 12.0. The first-order valence-corrected chi connectivity index (χ1v) is 8.24. The van der Waals surface area contributed by atoms with Gasteiger partial charge in [0.25, 0.3) is 0 Å². The lowest BCUT2D eigenvalue weighted by Gasteiger charge is -2.03. The number of anilines is 1. The maximum Gasteiger partial charge on any atom is 0.248 e. The topological polar surface area (TPSA) is 60.1 Å². The van der Waals surface area contributed by atoms with Crippen LogP contribution in [0.4, 0.5) is 5.69 Å². The van der Waals surface area contributed by atoms with Crippen LogP contribution in [0, 0.1) is 0 Å². The van der Waals surface area contributed by atoms with E-state index in [1.807, 2.05) is 67.8 Å². The number of amides is 1. The van der Waals surface area contributed by atoms with Gasteiger partial charge in [-0.3, -0.25) is 9.48 Å². The van der Waals surface area contributed by atoms with Crippen molar-refractivity contribution >= 4 is 28.6 Å². The molecule has 0 bridgehead atoms. The van der Waals surface area contributed by atoms with Crippen LogP contribution in [0.2, 0.25) is 0 Å². The van der Waals surface area contributed by atoms with Gasteiger partial charge in [0, 0.05) is 41.5 Å². The zero-order valence-electron chi connectivity index (χ0n) is 14.2. The molecule has 5 heteroatoms. The van der Waals surface area contributed by atoms with Gasteiger partial charge in [0.2, 0.25) is 5.91 Å². The molecule has 4 aromatic rings. The van der Waals surface area contributed by atoms with Crippen molar-refractivity contribution in [3.63, 3.8) is 0 Å². The summed E-state index contributed by atoms with van der Waals surface area (Å²) < 4.78 is 7.55. The van der Waals surface area contributed by atoms with Crippen LogP contribution in [-0.2, 0) is 11.8 Å². The van der Waals surface area contributed by atoms with Gasteiger partial charge in [-0.25, -0.2) is 0 Å². The van der Waals surface area contributed by atoms with Crippen LogP contribution in [0.3, 0.4) is 0 Å². The zero-order valence-corrected chi connectivity index (χ0v) is 14.2. The Labute approximate surface area is 150 Å². The summed E-state index contributed by atoms with van der Waals surface area (Å²) in [4.78, 5) is 12.0. The molecule has 0 saturated carbocycles. The van der Waals surface area contributed by atoms with E-state index in [1.165, 1.54) is 6.08 Å².